The lowest BCUT2D eigenvalue weighted by Crippen LogP contribution is -2.02. The van der Waals surface area contributed by atoms with Crippen LogP contribution in [0.5, 0.6) is 0 Å². The van der Waals surface area contributed by atoms with Gasteiger partial charge in [-0.15, -0.1) is 0 Å². The van der Waals surface area contributed by atoms with E-state index < -0.39 is 0 Å². The zero-order valence-electron chi connectivity index (χ0n) is 9.63. The van der Waals surface area contributed by atoms with Crippen LogP contribution in [0.25, 0.3) is 0 Å². The van der Waals surface area contributed by atoms with Gasteiger partial charge in [-0.3, -0.25) is 0 Å². The molecule has 0 unspecified atom stereocenters. The van der Waals surface area contributed by atoms with Crippen molar-refractivity contribution in [3.8, 4) is 0 Å². The molecule has 0 aliphatic rings. The van der Waals surface area contributed by atoms with Crippen LogP contribution in [-0.4, -0.2) is 6.61 Å². The maximum absolute atomic E-state index is 5.60. The summed E-state index contributed by atoms with van der Waals surface area (Å²) in [6.07, 6.45) is 0. The topological polar surface area (TPSA) is 9.23 Å². The summed E-state index contributed by atoms with van der Waals surface area (Å²) in [5.74, 6) is 0.612. The molecule has 0 aliphatic carbocycles. The molecule has 1 rings (SSSR count). The van der Waals surface area contributed by atoms with Crippen molar-refractivity contribution >= 4 is 0 Å². The summed E-state index contributed by atoms with van der Waals surface area (Å²) >= 11 is 0. The van der Waals surface area contributed by atoms with Gasteiger partial charge in [-0.25, -0.2) is 0 Å². The van der Waals surface area contributed by atoms with Gasteiger partial charge in [-0.1, -0.05) is 37.6 Å². The van der Waals surface area contributed by atoms with E-state index in [0.29, 0.717) is 5.92 Å². The molecule has 1 nitrogen and oxygen atoms in total. The Hall–Kier alpha value is -0.820. The van der Waals surface area contributed by atoms with E-state index >= 15 is 0 Å². The van der Waals surface area contributed by atoms with E-state index in [1.165, 1.54) is 16.7 Å². The van der Waals surface area contributed by atoms with E-state index in [2.05, 4.69) is 45.9 Å². The van der Waals surface area contributed by atoms with Crippen molar-refractivity contribution in [1.29, 1.82) is 0 Å². The van der Waals surface area contributed by atoms with E-state index in [1.807, 2.05) is 0 Å². The fourth-order valence-electron chi connectivity index (χ4n) is 1.41. The average Bonchev–Trinajstić information content (AvgIpc) is 2.08. The van der Waals surface area contributed by atoms with E-state index in [9.17, 15) is 0 Å². The standard InChI is InChI=1S/C13H20O/c1-10(2)8-14-9-13-6-5-11(3)7-12(13)4/h5-7,10H,8-9H2,1-4H3. The summed E-state index contributed by atoms with van der Waals surface area (Å²) in [5.41, 5.74) is 3.94. The minimum atomic E-state index is 0.612. The van der Waals surface area contributed by atoms with Crippen LogP contribution < -0.4 is 0 Å². The van der Waals surface area contributed by atoms with Gasteiger partial charge in [-0.05, 0) is 30.9 Å². The third-order valence-electron chi connectivity index (χ3n) is 2.21. The van der Waals surface area contributed by atoms with Crippen molar-refractivity contribution < 1.29 is 4.74 Å². The van der Waals surface area contributed by atoms with E-state index in [0.717, 1.165) is 13.2 Å². The summed E-state index contributed by atoms with van der Waals surface area (Å²) in [7, 11) is 0. The van der Waals surface area contributed by atoms with Gasteiger partial charge >= 0.3 is 0 Å². The first-order chi connectivity index (χ1) is 6.59. The molecule has 0 heterocycles. The zero-order valence-corrected chi connectivity index (χ0v) is 9.63. The fourth-order valence-corrected chi connectivity index (χ4v) is 1.41. The molecule has 0 fully saturated rings. The van der Waals surface area contributed by atoms with Gasteiger partial charge in [0.1, 0.15) is 0 Å². The lowest BCUT2D eigenvalue weighted by molar-refractivity contribution is 0.0967. The van der Waals surface area contributed by atoms with Crippen LogP contribution in [0.1, 0.15) is 30.5 Å². The first-order valence-electron chi connectivity index (χ1n) is 5.23. The van der Waals surface area contributed by atoms with Gasteiger partial charge in [-0.2, -0.15) is 0 Å². The third kappa shape index (κ3) is 3.51. The number of rotatable bonds is 4. The number of hydrogen-bond donors (Lipinski definition) is 0. The molecular formula is C13H20O. The van der Waals surface area contributed by atoms with Gasteiger partial charge < -0.3 is 4.74 Å². The Morgan fingerprint density at radius 2 is 1.93 bits per heavy atom. The molecule has 0 saturated heterocycles. The molecule has 0 saturated carbocycles. The Morgan fingerprint density at radius 1 is 1.21 bits per heavy atom. The Labute approximate surface area is 87.1 Å². The van der Waals surface area contributed by atoms with Gasteiger partial charge in [0.15, 0.2) is 0 Å². The molecule has 0 bridgehead atoms. The lowest BCUT2D eigenvalue weighted by atomic mass is 10.1. The van der Waals surface area contributed by atoms with Crippen molar-refractivity contribution in [3.05, 3.63) is 34.9 Å². The predicted molar refractivity (Wildman–Crippen MR) is 60.4 cm³/mol. The third-order valence-corrected chi connectivity index (χ3v) is 2.21. The monoisotopic (exact) mass is 192 g/mol. The predicted octanol–water partition coefficient (Wildman–Crippen LogP) is 3.48. The second kappa shape index (κ2) is 5.16. The van der Waals surface area contributed by atoms with Crippen LogP contribution >= 0.6 is 0 Å². The highest BCUT2D eigenvalue weighted by atomic mass is 16.5. The Kier molecular flexibility index (Phi) is 4.15. The summed E-state index contributed by atoms with van der Waals surface area (Å²) in [5, 5.41) is 0. The minimum Gasteiger partial charge on any atom is -0.376 e. The highest BCUT2D eigenvalue weighted by Gasteiger charge is 1.99. The van der Waals surface area contributed by atoms with E-state index in [1.54, 1.807) is 0 Å². The van der Waals surface area contributed by atoms with Crippen molar-refractivity contribution in [1.82, 2.24) is 0 Å². The normalized spacial score (nSPS) is 10.9. The summed E-state index contributed by atoms with van der Waals surface area (Å²) in [4.78, 5) is 0. The van der Waals surface area contributed by atoms with Crippen LogP contribution in [0.4, 0.5) is 0 Å². The molecule has 0 atom stereocenters. The molecule has 14 heavy (non-hydrogen) atoms. The number of benzene rings is 1. The molecule has 1 aromatic carbocycles. The number of aryl methyl sites for hydroxylation is 2. The van der Waals surface area contributed by atoms with Gasteiger partial charge in [0.25, 0.3) is 0 Å². The maximum atomic E-state index is 5.60. The Balaban J connectivity index is 2.51. The van der Waals surface area contributed by atoms with Gasteiger partial charge in [0.2, 0.25) is 0 Å². The SMILES string of the molecule is Cc1ccc(COCC(C)C)c(C)c1. The highest BCUT2D eigenvalue weighted by molar-refractivity contribution is 5.29. The van der Waals surface area contributed by atoms with E-state index in [4.69, 9.17) is 4.74 Å². The van der Waals surface area contributed by atoms with Crippen molar-refractivity contribution in [3.63, 3.8) is 0 Å². The van der Waals surface area contributed by atoms with Crippen molar-refractivity contribution in [2.75, 3.05) is 6.61 Å². The quantitative estimate of drug-likeness (QED) is 0.709. The minimum absolute atomic E-state index is 0.612. The molecule has 78 valence electrons. The Morgan fingerprint density at radius 3 is 2.50 bits per heavy atom. The molecule has 1 heteroatoms. The van der Waals surface area contributed by atoms with Gasteiger partial charge in [0.05, 0.1) is 6.61 Å². The second-order valence-corrected chi connectivity index (χ2v) is 4.34. The van der Waals surface area contributed by atoms with Crippen LogP contribution in [-0.2, 0) is 11.3 Å². The molecule has 0 aliphatic heterocycles. The van der Waals surface area contributed by atoms with Crippen LogP contribution in [0.3, 0.4) is 0 Å². The molecule has 1 aromatic rings. The molecule has 0 amide bonds. The number of ether oxygens (including phenoxy) is 1. The first-order valence-corrected chi connectivity index (χ1v) is 5.23. The van der Waals surface area contributed by atoms with Crippen molar-refractivity contribution in [2.24, 2.45) is 5.92 Å². The lowest BCUT2D eigenvalue weighted by Gasteiger charge is -2.09. The first kappa shape index (κ1) is 11.3. The maximum Gasteiger partial charge on any atom is 0.0719 e. The molecule has 0 spiro atoms. The van der Waals surface area contributed by atoms with Crippen LogP contribution in [0, 0.1) is 19.8 Å². The molecule has 0 N–H and O–H groups in total. The molecule has 0 aromatic heterocycles. The highest BCUT2D eigenvalue weighted by Crippen LogP contribution is 2.11. The average molecular weight is 192 g/mol. The van der Waals surface area contributed by atoms with Crippen LogP contribution in [0.2, 0.25) is 0 Å². The molecule has 0 radical (unpaired) electrons. The van der Waals surface area contributed by atoms with E-state index in [-0.39, 0.29) is 0 Å². The smallest absolute Gasteiger partial charge is 0.0719 e. The largest absolute Gasteiger partial charge is 0.376 e. The van der Waals surface area contributed by atoms with Gasteiger partial charge in [0, 0.05) is 6.61 Å². The summed E-state index contributed by atoms with van der Waals surface area (Å²) < 4.78 is 5.60. The number of hydrogen-bond acceptors (Lipinski definition) is 1. The van der Waals surface area contributed by atoms with Crippen molar-refractivity contribution in [2.45, 2.75) is 34.3 Å². The second-order valence-electron chi connectivity index (χ2n) is 4.34. The van der Waals surface area contributed by atoms with Crippen LogP contribution in [0.15, 0.2) is 18.2 Å². The Bertz CT molecular complexity index is 289. The molecular weight excluding hydrogens is 172 g/mol. The fraction of sp³-hybridized carbons (Fsp3) is 0.538. The summed E-state index contributed by atoms with van der Waals surface area (Å²) in [6.45, 7) is 10.2. The zero-order chi connectivity index (χ0) is 10.6. The summed E-state index contributed by atoms with van der Waals surface area (Å²) in [6, 6.07) is 6.50.